The molecule has 1 aliphatic rings. The molecule has 0 aliphatic heterocycles. The first-order valence-corrected chi connectivity index (χ1v) is 9.98. The van der Waals surface area contributed by atoms with Crippen LogP contribution in [-0.2, 0) is 6.54 Å². The topological polar surface area (TPSA) is 21.3 Å². The Morgan fingerprint density at radius 1 is 1.38 bits per heavy atom. The number of ether oxygens (including phenoxy) is 1. The zero-order chi connectivity index (χ0) is 15.1. The summed E-state index contributed by atoms with van der Waals surface area (Å²) in [5.41, 5.74) is 1.25. The molecule has 0 saturated heterocycles. The highest BCUT2D eigenvalue weighted by Crippen LogP contribution is 2.28. The van der Waals surface area contributed by atoms with Gasteiger partial charge in [-0.05, 0) is 50.1 Å². The van der Waals surface area contributed by atoms with Gasteiger partial charge >= 0.3 is 0 Å². The van der Waals surface area contributed by atoms with Crippen LogP contribution in [0.3, 0.4) is 0 Å². The van der Waals surface area contributed by atoms with E-state index in [1.165, 1.54) is 31.2 Å². The SMILES string of the molecule is CCCOc1ccc(Br)cc1CNC1CCCC(SC)C1. The predicted octanol–water partition coefficient (Wildman–Crippen LogP) is 5.00. The summed E-state index contributed by atoms with van der Waals surface area (Å²) in [5.74, 6) is 1.02. The van der Waals surface area contributed by atoms with Crippen LogP contribution in [0.25, 0.3) is 0 Å². The van der Waals surface area contributed by atoms with Crippen LogP contribution in [0.1, 0.15) is 44.6 Å². The van der Waals surface area contributed by atoms with Gasteiger partial charge in [0, 0.05) is 27.9 Å². The second-order valence-corrected chi connectivity index (χ2v) is 7.76. The van der Waals surface area contributed by atoms with E-state index in [4.69, 9.17) is 4.74 Å². The van der Waals surface area contributed by atoms with Crippen LogP contribution in [-0.4, -0.2) is 24.2 Å². The lowest BCUT2D eigenvalue weighted by molar-refractivity contribution is 0.310. The van der Waals surface area contributed by atoms with Crippen LogP contribution in [0.5, 0.6) is 5.75 Å². The maximum Gasteiger partial charge on any atom is 0.123 e. The molecule has 0 spiro atoms. The van der Waals surface area contributed by atoms with Gasteiger partial charge < -0.3 is 10.1 Å². The third-order valence-corrected chi connectivity index (χ3v) is 5.61. The van der Waals surface area contributed by atoms with E-state index in [2.05, 4.69) is 52.6 Å². The van der Waals surface area contributed by atoms with Crippen molar-refractivity contribution >= 4 is 27.7 Å². The molecule has 118 valence electrons. The molecular weight excluding hydrogens is 346 g/mol. The summed E-state index contributed by atoms with van der Waals surface area (Å²) >= 11 is 5.58. The fraction of sp³-hybridized carbons (Fsp3) is 0.647. The number of nitrogens with one attached hydrogen (secondary N) is 1. The molecule has 4 heteroatoms. The van der Waals surface area contributed by atoms with Crippen molar-refractivity contribution in [2.45, 2.75) is 56.9 Å². The number of thioether (sulfide) groups is 1. The Bertz CT molecular complexity index is 441. The average molecular weight is 372 g/mol. The van der Waals surface area contributed by atoms with Gasteiger partial charge in [0.15, 0.2) is 0 Å². The first-order chi connectivity index (χ1) is 10.2. The molecule has 1 aliphatic carbocycles. The Kier molecular flexibility index (Phi) is 7.41. The van der Waals surface area contributed by atoms with Crippen molar-refractivity contribution in [3.63, 3.8) is 0 Å². The number of benzene rings is 1. The summed E-state index contributed by atoms with van der Waals surface area (Å²) in [6.45, 7) is 3.82. The largest absolute Gasteiger partial charge is 0.493 e. The van der Waals surface area contributed by atoms with E-state index in [9.17, 15) is 0 Å². The van der Waals surface area contributed by atoms with Gasteiger partial charge in [0.05, 0.1) is 6.61 Å². The molecule has 1 aromatic rings. The van der Waals surface area contributed by atoms with Crippen LogP contribution < -0.4 is 10.1 Å². The molecule has 0 heterocycles. The zero-order valence-corrected chi connectivity index (χ0v) is 15.4. The van der Waals surface area contributed by atoms with Crippen LogP contribution in [0.2, 0.25) is 0 Å². The normalized spacial score (nSPS) is 22.2. The minimum Gasteiger partial charge on any atom is -0.493 e. The van der Waals surface area contributed by atoms with Crippen molar-refractivity contribution in [3.8, 4) is 5.75 Å². The van der Waals surface area contributed by atoms with Gasteiger partial charge in [-0.25, -0.2) is 0 Å². The molecule has 0 radical (unpaired) electrons. The van der Waals surface area contributed by atoms with Crippen molar-refractivity contribution in [1.82, 2.24) is 5.32 Å². The standard InChI is InChI=1S/C17H26BrNOS/c1-3-9-20-17-8-7-14(18)10-13(17)12-19-15-5-4-6-16(11-15)21-2/h7-8,10,15-16,19H,3-6,9,11-12H2,1-2H3. The molecule has 0 aromatic heterocycles. The Morgan fingerprint density at radius 3 is 3.00 bits per heavy atom. The van der Waals surface area contributed by atoms with Gasteiger partial charge in [-0.3, -0.25) is 0 Å². The highest BCUT2D eigenvalue weighted by atomic mass is 79.9. The summed E-state index contributed by atoms with van der Waals surface area (Å²) in [6, 6.07) is 6.95. The predicted molar refractivity (Wildman–Crippen MR) is 96.3 cm³/mol. The van der Waals surface area contributed by atoms with Crippen LogP contribution in [0.4, 0.5) is 0 Å². The molecule has 1 saturated carbocycles. The summed E-state index contributed by atoms with van der Waals surface area (Å²) in [7, 11) is 0. The second-order valence-electron chi connectivity index (χ2n) is 5.70. The maximum atomic E-state index is 5.86. The molecule has 1 aromatic carbocycles. The Balaban J connectivity index is 1.93. The fourth-order valence-corrected chi connectivity index (χ4v) is 4.07. The van der Waals surface area contributed by atoms with Crippen LogP contribution in [0, 0.1) is 0 Å². The third-order valence-electron chi connectivity index (χ3n) is 4.02. The van der Waals surface area contributed by atoms with E-state index in [0.717, 1.165) is 35.0 Å². The summed E-state index contributed by atoms with van der Waals surface area (Å²) in [5, 5.41) is 4.56. The number of hydrogen-bond donors (Lipinski definition) is 1. The molecule has 0 amide bonds. The number of hydrogen-bond acceptors (Lipinski definition) is 3. The monoisotopic (exact) mass is 371 g/mol. The van der Waals surface area contributed by atoms with Gasteiger partial charge in [0.25, 0.3) is 0 Å². The molecule has 2 rings (SSSR count). The third kappa shape index (κ3) is 5.50. The maximum absolute atomic E-state index is 5.86. The lowest BCUT2D eigenvalue weighted by atomic mass is 9.95. The number of rotatable bonds is 7. The van der Waals surface area contributed by atoms with E-state index in [-0.39, 0.29) is 0 Å². The van der Waals surface area contributed by atoms with Crippen molar-refractivity contribution in [2.24, 2.45) is 0 Å². The van der Waals surface area contributed by atoms with Gasteiger partial charge in [-0.1, -0.05) is 29.3 Å². The van der Waals surface area contributed by atoms with Crippen LogP contribution in [0.15, 0.2) is 22.7 Å². The van der Waals surface area contributed by atoms with Gasteiger partial charge in [-0.15, -0.1) is 0 Å². The van der Waals surface area contributed by atoms with E-state index in [1.807, 2.05) is 11.8 Å². The van der Waals surface area contributed by atoms with E-state index in [1.54, 1.807) is 0 Å². The fourth-order valence-electron chi connectivity index (χ4n) is 2.84. The van der Waals surface area contributed by atoms with Crippen molar-refractivity contribution in [3.05, 3.63) is 28.2 Å². The molecule has 1 fully saturated rings. The second kappa shape index (κ2) is 9.06. The number of halogens is 1. The first-order valence-electron chi connectivity index (χ1n) is 7.90. The minimum atomic E-state index is 0.647. The summed E-state index contributed by atoms with van der Waals surface area (Å²) in [6.07, 6.45) is 8.59. The highest BCUT2D eigenvalue weighted by molar-refractivity contribution is 9.10. The summed E-state index contributed by atoms with van der Waals surface area (Å²) in [4.78, 5) is 0. The van der Waals surface area contributed by atoms with E-state index >= 15 is 0 Å². The lowest BCUT2D eigenvalue weighted by Crippen LogP contribution is -2.34. The Hall–Kier alpha value is -0.190. The highest BCUT2D eigenvalue weighted by Gasteiger charge is 2.21. The smallest absolute Gasteiger partial charge is 0.123 e. The quantitative estimate of drug-likeness (QED) is 0.728. The molecule has 2 nitrogen and oxygen atoms in total. The molecule has 2 unspecified atom stereocenters. The van der Waals surface area contributed by atoms with Crippen molar-refractivity contribution < 1.29 is 4.74 Å². The van der Waals surface area contributed by atoms with Crippen molar-refractivity contribution in [2.75, 3.05) is 12.9 Å². The van der Waals surface area contributed by atoms with Gasteiger partial charge in [-0.2, -0.15) is 11.8 Å². The van der Waals surface area contributed by atoms with Gasteiger partial charge in [0.1, 0.15) is 5.75 Å². The van der Waals surface area contributed by atoms with Crippen LogP contribution >= 0.6 is 27.7 Å². The van der Waals surface area contributed by atoms with E-state index < -0.39 is 0 Å². The Morgan fingerprint density at radius 2 is 2.24 bits per heavy atom. The average Bonchev–Trinajstić information content (AvgIpc) is 2.52. The van der Waals surface area contributed by atoms with Gasteiger partial charge in [0.2, 0.25) is 0 Å². The van der Waals surface area contributed by atoms with E-state index in [0.29, 0.717) is 6.04 Å². The first kappa shape index (κ1) is 17.2. The zero-order valence-electron chi connectivity index (χ0n) is 13.0. The molecular formula is C17H26BrNOS. The summed E-state index contributed by atoms with van der Waals surface area (Å²) < 4.78 is 6.98. The molecule has 1 N–H and O–H groups in total. The Labute approximate surface area is 141 Å². The van der Waals surface area contributed by atoms with Crippen molar-refractivity contribution in [1.29, 1.82) is 0 Å². The molecule has 2 atom stereocenters. The minimum absolute atomic E-state index is 0.647. The lowest BCUT2D eigenvalue weighted by Gasteiger charge is -2.29. The molecule has 21 heavy (non-hydrogen) atoms. The molecule has 0 bridgehead atoms.